The van der Waals surface area contributed by atoms with Crippen LogP contribution in [0.2, 0.25) is 5.15 Å². The van der Waals surface area contributed by atoms with Crippen LogP contribution in [-0.2, 0) is 6.61 Å². The molecule has 0 aliphatic carbocycles. The Morgan fingerprint density at radius 1 is 0.857 bits per heavy atom. The van der Waals surface area contributed by atoms with Gasteiger partial charge in [0.1, 0.15) is 17.5 Å². The summed E-state index contributed by atoms with van der Waals surface area (Å²) in [5, 5.41) is 0.390. The second-order valence-electron chi connectivity index (χ2n) is 4.52. The number of nitrogens with zero attached hydrogens (tertiary/aromatic N) is 2. The van der Waals surface area contributed by atoms with Crippen LogP contribution in [0.4, 0.5) is 0 Å². The Kier molecular flexibility index (Phi) is 4.12. The molecule has 2 aromatic carbocycles. The highest BCUT2D eigenvalue weighted by Gasteiger charge is 2.01. The van der Waals surface area contributed by atoms with Gasteiger partial charge in [-0.15, -0.1) is 0 Å². The monoisotopic (exact) mass is 296 g/mol. The van der Waals surface area contributed by atoms with Crippen LogP contribution in [0, 0.1) is 0 Å². The standard InChI is InChI=1S/C17H13ClN2O/c18-17-11-19-16(10-20-17)14-6-8-15(9-7-14)21-12-13-4-2-1-3-5-13/h1-11H,12H2. The topological polar surface area (TPSA) is 35.0 Å². The van der Waals surface area contributed by atoms with E-state index in [1.54, 1.807) is 6.20 Å². The molecule has 0 N–H and O–H groups in total. The van der Waals surface area contributed by atoms with Gasteiger partial charge in [0.25, 0.3) is 0 Å². The van der Waals surface area contributed by atoms with Crippen molar-refractivity contribution in [3.63, 3.8) is 0 Å². The van der Waals surface area contributed by atoms with E-state index < -0.39 is 0 Å². The highest BCUT2D eigenvalue weighted by molar-refractivity contribution is 6.29. The first-order valence-corrected chi connectivity index (χ1v) is 6.94. The van der Waals surface area contributed by atoms with Crippen LogP contribution in [0.1, 0.15) is 5.56 Å². The van der Waals surface area contributed by atoms with E-state index >= 15 is 0 Å². The molecule has 0 radical (unpaired) electrons. The largest absolute Gasteiger partial charge is 0.489 e. The van der Waals surface area contributed by atoms with Gasteiger partial charge in [0.05, 0.1) is 18.1 Å². The molecule has 21 heavy (non-hydrogen) atoms. The predicted octanol–water partition coefficient (Wildman–Crippen LogP) is 4.38. The number of ether oxygens (including phenoxy) is 1. The quantitative estimate of drug-likeness (QED) is 0.717. The summed E-state index contributed by atoms with van der Waals surface area (Å²) in [7, 11) is 0. The molecule has 0 aliphatic heterocycles. The van der Waals surface area contributed by atoms with Gasteiger partial charge in [-0.05, 0) is 29.8 Å². The Labute approximate surface area is 128 Å². The first-order valence-electron chi connectivity index (χ1n) is 6.56. The van der Waals surface area contributed by atoms with Gasteiger partial charge in [-0.25, -0.2) is 4.98 Å². The highest BCUT2D eigenvalue weighted by atomic mass is 35.5. The third-order valence-corrected chi connectivity index (χ3v) is 3.21. The average Bonchev–Trinajstić information content (AvgIpc) is 2.55. The normalized spacial score (nSPS) is 10.3. The molecule has 1 heterocycles. The van der Waals surface area contributed by atoms with Gasteiger partial charge in [0.15, 0.2) is 0 Å². The molecule has 0 aliphatic rings. The Morgan fingerprint density at radius 3 is 2.29 bits per heavy atom. The van der Waals surface area contributed by atoms with Crippen molar-refractivity contribution in [1.29, 1.82) is 0 Å². The molecular formula is C17H13ClN2O. The van der Waals surface area contributed by atoms with E-state index in [1.165, 1.54) is 6.20 Å². The fourth-order valence-electron chi connectivity index (χ4n) is 1.92. The van der Waals surface area contributed by atoms with Crippen LogP contribution in [0.15, 0.2) is 67.0 Å². The van der Waals surface area contributed by atoms with Gasteiger partial charge in [-0.2, -0.15) is 0 Å². The summed E-state index contributed by atoms with van der Waals surface area (Å²) < 4.78 is 5.74. The smallest absolute Gasteiger partial charge is 0.147 e. The Balaban J connectivity index is 1.68. The molecule has 0 saturated carbocycles. The molecule has 3 rings (SSSR count). The summed E-state index contributed by atoms with van der Waals surface area (Å²) in [5.74, 6) is 0.824. The lowest BCUT2D eigenvalue weighted by Crippen LogP contribution is -1.94. The lowest BCUT2D eigenvalue weighted by molar-refractivity contribution is 0.306. The molecule has 0 amide bonds. The second kappa shape index (κ2) is 6.37. The fraction of sp³-hybridized carbons (Fsp3) is 0.0588. The minimum Gasteiger partial charge on any atom is -0.489 e. The van der Waals surface area contributed by atoms with Crippen molar-refractivity contribution in [1.82, 2.24) is 9.97 Å². The minimum atomic E-state index is 0.390. The van der Waals surface area contributed by atoms with Crippen molar-refractivity contribution < 1.29 is 4.74 Å². The summed E-state index contributed by atoms with van der Waals surface area (Å²) in [6.45, 7) is 0.556. The van der Waals surface area contributed by atoms with Gasteiger partial charge >= 0.3 is 0 Å². The molecule has 4 heteroatoms. The van der Waals surface area contributed by atoms with Crippen LogP contribution >= 0.6 is 11.6 Å². The van der Waals surface area contributed by atoms with Crippen molar-refractivity contribution in [2.75, 3.05) is 0 Å². The first-order chi connectivity index (χ1) is 10.3. The Hall–Kier alpha value is -2.39. The van der Waals surface area contributed by atoms with Crippen LogP contribution in [-0.4, -0.2) is 9.97 Å². The van der Waals surface area contributed by atoms with Crippen LogP contribution in [0.3, 0.4) is 0 Å². The van der Waals surface area contributed by atoms with E-state index in [9.17, 15) is 0 Å². The van der Waals surface area contributed by atoms with E-state index in [4.69, 9.17) is 16.3 Å². The van der Waals surface area contributed by atoms with Crippen molar-refractivity contribution in [2.24, 2.45) is 0 Å². The average molecular weight is 297 g/mol. The molecule has 3 aromatic rings. The SMILES string of the molecule is Clc1cnc(-c2ccc(OCc3ccccc3)cc2)cn1. The Bertz CT molecular complexity index is 697. The van der Waals surface area contributed by atoms with Gasteiger partial charge in [-0.3, -0.25) is 4.98 Å². The zero-order chi connectivity index (χ0) is 14.5. The molecule has 0 atom stereocenters. The van der Waals surface area contributed by atoms with E-state index in [0.717, 1.165) is 22.6 Å². The summed E-state index contributed by atoms with van der Waals surface area (Å²) in [6.07, 6.45) is 3.19. The van der Waals surface area contributed by atoms with Gasteiger partial charge < -0.3 is 4.74 Å². The summed E-state index contributed by atoms with van der Waals surface area (Å²) in [6, 6.07) is 17.8. The summed E-state index contributed by atoms with van der Waals surface area (Å²) >= 11 is 5.73. The number of aromatic nitrogens is 2. The van der Waals surface area contributed by atoms with E-state index in [0.29, 0.717) is 11.8 Å². The first kappa shape index (κ1) is 13.6. The van der Waals surface area contributed by atoms with E-state index in [-0.39, 0.29) is 0 Å². The van der Waals surface area contributed by atoms with Gasteiger partial charge in [0, 0.05) is 5.56 Å². The maximum atomic E-state index is 5.74. The van der Waals surface area contributed by atoms with Crippen LogP contribution in [0.5, 0.6) is 5.75 Å². The lowest BCUT2D eigenvalue weighted by atomic mass is 10.1. The van der Waals surface area contributed by atoms with Crippen molar-refractivity contribution in [3.05, 3.63) is 77.7 Å². The molecule has 3 nitrogen and oxygen atoms in total. The number of hydrogen-bond donors (Lipinski definition) is 0. The maximum Gasteiger partial charge on any atom is 0.147 e. The molecule has 0 saturated heterocycles. The molecule has 0 unspecified atom stereocenters. The second-order valence-corrected chi connectivity index (χ2v) is 4.91. The van der Waals surface area contributed by atoms with E-state index in [2.05, 4.69) is 9.97 Å². The Morgan fingerprint density at radius 2 is 1.62 bits per heavy atom. The van der Waals surface area contributed by atoms with Crippen molar-refractivity contribution in [2.45, 2.75) is 6.61 Å². The zero-order valence-corrected chi connectivity index (χ0v) is 12.0. The molecule has 1 aromatic heterocycles. The van der Waals surface area contributed by atoms with Gasteiger partial charge in [0.2, 0.25) is 0 Å². The third-order valence-electron chi connectivity index (χ3n) is 3.02. The molecule has 104 valence electrons. The van der Waals surface area contributed by atoms with Crippen LogP contribution < -0.4 is 4.74 Å². The molecule has 0 fully saturated rings. The fourth-order valence-corrected chi connectivity index (χ4v) is 2.02. The van der Waals surface area contributed by atoms with Gasteiger partial charge in [-0.1, -0.05) is 41.9 Å². The third kappa shape index (κ3) is 3.58. The highest BCUT2D eigenvalue weighted by Crippen LogP contribution is 2.21. The zero-order valence-electron chi connectivity index (χ0n) is 11.2. The van der Waals surface area contributed by atoms with Crippen molar-refractivity contribution >= 4 is 11.6 Å². The number of halogens is 1. The maximum absolute atomic E-state index is 5.74. The van der Waals surface area contributed by atoms with E-state index in [1.807, 2.05) is 54.6 Å². The summed E-state index contributed by atoms with van der Waals surface area (Å²) in [4.78, 5) is 8.26. The minimum absolute atomic E-state index is 0.390. The predicted molar refractivity (Wildman–Crippen MR) is 83.3 cm³/mol. The number of benzene rings is 2. The van der Waals surface area contributed by atoms with Crippen LogP contribution in [0.25, 0.3) is 11.3 Å². The summed E-state index contributed by atoms with van der Waals surface area (Å²) in [5.41, 5.74) is 2.91. The number of hydrogen-bond acceptors (Lipinski definition) is 3. The molecular weight excluding hydrogens is 284 g/mol. The lowest BCUT2D eigenvalue weighted by Gasteiger charge is -2.07. The molecule has 0 bridgehead atoms. The number of rotatable bonds is 4. The molecule has 0 spiro atoms. The van der Waals surface area contributed by atoms with Crippen molar-refractivity contribution in [3.8, 4) is 17.0 Å².